The number of thioether (sulfide) groups is 1. The van der Waals surface area contributed by atoms with Crippen LogP contribution in [0.5, 0.6) is 0 Å². The first-order valence-corrected chi connectivity index (χ1v) is 15.8. The summed E-state index contributed by atoms with van der Waals surface area (Å²) in [4.78, 5) is 1.34. The lowest BCUT2D eigenvalue weighted by Gasteiger charge is -2.15. The van der Waals surface area contributed by atoms with Crippen LogP contribution in [0.15, 0.2) is 131 Å². The molecule has 9 aromatic rings. The Morgan fingerprint density at radius 2 is 1.29 bits per heavy atom. The Bertz CT molecular complexity index is 2500. The average molecular weight is 575 g/mol. The van der Waals surface area contributed by atoms with Crippen molar-refractivity contribution in [1.82, 2.24) is 4.57 Å². The molecule has 42 heavy (non-hydrogen) atoms. The number of hydrogen-bond acceptors (Lipinski definition) is 4. The van der Waals surface area contributed by atoms with Crippen molar-refractivity contribution in [2.75, 3.05) is 5.32 Å². The number of nitrogens with one attached hydrogen (secondary N) is 1. The van der Waals surface area contributed by atoms with Gasteiger partial charge in [0.25, 0.3) is 0 Å². The van der Waals surface area contributed by atoms with Gasteiger partial charge in [0.15, 0.2) is 5.58 Å². The molecule has 0 saturated heterocycles. The molecule has 3 nitrogen and oxygen atoms in total. The van der Waals surface area contributed by atoms with Crippen molar-refractivity contribution in [2.24, 2.45) is 0 Å². The Labute approximate surface area is 249 Å². The average Bonchev–Trinajstić information content (AvgIpc) is 3.80. The molecule has 5 heteroatoms. The lowest BCUT2D eigenvalue weighted by molar-refractivity contribution is 0.666. The second kappa shape index (κ2) is 8.41. The van der Waals surface area contributed by atoms with E-state index in [1.807, 2.05) is 23.1 Å². The first-order chi connectivity index (χ1) is 20.8. The molecule has 1 atom stereocenters. The van der Waals surface area contributed by atoms with Gasteiger partial charge in [-0.25, -0.2) is 0 Å². The first kappa shape index (κ1) is 22.9. The number of furan rings is 1. The van der Waals surface area contributed by atoms with Crippen molar-refractivity contribution in [3.05, 3.63) is 127 Å². The molecular formula is C37H22N2OS2. The maximum atomic E-state index is 6.74. The quantitative estimate of drug-likeness (QED) is 0.223. The highest BCUT2D eigenvalue weighted by Crippen LogP contribution is 2.54. The van der Waals surface area contributed by atoms with E-state index in [4.69, 9.17) is 4.42 Å². The first-order valence-electron chi connectivity index (χ1n) is 14.1. The van der Waals surface area contributed by atoms with Crippen LogP contribution < -0.4 is 5.32 Å². The highest BCUT2D eigenvalue weighted by atomic mass is 32.2. The third kappa shape index (κ3) is 3.02. The second-order valence-corrected chi connectivity index (χ2v) is 13.1. The molecule has 1 N–H and O–H groups in total. The summed E-state index contributed by atoms with van der Waals surface area (Å²) in [5, 5.41) is 11.5. The van der Waals surface area contributed by atoms with E-state index in [0.29, 0.717) is 0 Å². The minimum absolute atomic E-state index is 0.0694. The highest BCUT2D eigenvalue weighted by molar-refractivity contribution is 8.00. The van der Waals surface area contributed by atoms with Crippen LogP contribution in [0.3, 0.4) is 0 Å². The Morgan fingerprint density at radius 3 is 2.10 bits per heavy atom. The minimum Gasteiger partial charge on any atom is -0.454 e. The van der Waals surface area contributed by atoms with Crippen LogP contribution in [-0.2, 0) is 0 Å². The smallest absolute Gasteiger partial charge is 0.159 e. The lowest BCUT2D eigenvalue weighted by Crippen LogP contribution is -2.03. The van der Waals surface area contributed by atoms with Gasteiger partial charge in [-0.2, -0.15) is 0 Å². The van der Waals surface area contributed by atoms with Gasteiger partial charge in [0.2, 0.25) is 0 Å². The van der Waals surface area contributed by atoms with Crippen LogP contribution in [-0.4, -0.2) is 4.57 Å². The third-order valence-electron chi connectivity index (χ3n) is 8.66. The predicted molar refractivity (Wildman–Crippen MR) is 180 cm³/mol. The standard InChI is InChI=1S/C37H22N2OS2/c1-5-13-27-21(9-1)22-10-2-6-14-28(22)39(27)29-19-17-25(33-23-11-3-7-15-30(23)40-35(29)33)37-38-26-18-20-32-34(36(26)42-37)24-12-4-8-16-31(24)41-32/h1-20,37-38H. The maximum absolute atomic E-state index is 6.74. The van der Waals surface area contributed by atoms with Gasteiger partial charge in [-0.3, -0.25) is 0 Å². The molecule has 6 aromatic carbocycles. The van der Waals surface area contributed by atoms with Crippen molar-refractivity contribution in [2.45, 2.75) is 10.3 Å². The van der Waals surface area contributed by atoms with Gasteiger partial charge in [0, 0.05) is 52.3 Å². The number of thiophene rings is 1. The van der Waals surface area contributed by atoms with E-state index in [9.17, 15) is 0 Å². The molecule has 0 spiro atoms. The zero-order valence-electron chi connectivity index (χ0n) is 22.3. The molecule has 0 saturated carbocycles. The largest absolute Gasteiger partial charge is 0.454 e. The van der Waals surface area contributed by atoms with Crippen molar-refractivity contribution in [3.63, 3.8) is 0 Å². The van der Waals surface area contributed by atoms with E-state index >= 15 is 0 Å². The van der Waals surface area contributed by atoms with Crippen molar-refractivity contribution in [3.8, 4) is 5.69 Å². The molecule has 0 aliphatic carbocycles. The van der Waals surface area contributed by atoms with E-state index in [2.05, 4.69) is 131 Å². The summed E-state index contributed by atoms with van der Waals surface area (Å²) in [6.07, 6.45) is 0. The number of hydrogen-bond donors (Lipinski definition) is 1. The fraction of sp³-hybridized carbons (Fsp3) is 0.0270. The fourth-order valence-corrected chi connectivity index (χ4v) is 9.38. The summed E-state index contributed by atoms with van der Waals surface area (Å²) in [6.45, 7) is 0. The van der Waals surface area contributed by atoms with Crippen LogP contribution in [0.2, 0.25) is 0 Å². The van der Waals surface area contributed by atoms with E-state index in [-0.39, 0.29) is 5.37 Å². The topological polar surface area (TPSA) is 30.1 Å². The summed E-state index contributed by atoms with van der Waals surface area (Å²) >= 11 is 3.79. The molecule has 10 rings (SSSR count). The normalized spacial score (nSPS) is 15.0. The maximum Gasteiger partial charge on any atom is 0.159 e. The van der Waals surface area contributed by atoms with Gasteiger partial charge < -0.3 is 14.3 Å². The Kier molecular flexibility index (Phi) is 4.59. The van der Waals surface area contributed by atoms with Crippen LogP contribution in [0.1, 0.15) is 10.9 Å². The number of rotatable bonds is 2. The molecule has 1 aliphatic heterocycles. The van der Waals surface area contributed by atoms with E-state index in [1.54, 1.807) is 0 Å². The molecule has 0 amide bonds. The second-order valence-electron chi connectivity index (χ2n) is 10.9. The summed E-state index contributed by atoms with van der Waals surface area (Å²) in [5.41, 5.74) is 7.70. The minimum atomic E-state index is 0.0694. The van der Waals surface area contributed by atoms with Crippen molar-refractivity contribution < 1.29 is 4.42 Å². The van der Waals surface area contributed by atoms with Crippen LogP contribution in [0.25, 0.3) is 69.6 Å². The van der Waals surface area contributed by atoms with Gasteiger partial charge in [0.1, 0.15) is 11.0 Å². The summed E-state index contributed by atoms with van der Waals surface area (Å²) in [7, 11) is 0. The molecule has 0 fully saturated rings. The molecule has 0 bridgehead atoms. The van der Waals surface area contributed by atoms with Gasteiger partial charge in [-0.15, -0.1) is 11.3 Å². The van der Waals surface area contributed by atoms with Crippen LogP contribution in [0.4, 0.5) is 5.69 Å². The van der Waals surface area contributed by atoms with E-state index < -0.39 is 0 Å². The Hall–Kier alpha value is -4.71. The molecule has 1 aliphatic rings. The number of fused-ring (bicyclic) bond motifs is 11. The van der Waals surface area contributed by atoms with Gasteiger partial charge in [-0.05, 0) is 48.0 Å². The molecule has 1 unspecified atom stereocenters. The zero-order valence-corrected chi connectivity index (χ0v) is 23.9. The summed E-state index contributed by atoms with van der Waals surface area (Å²) in [6, 6.07) is 43.6. The van der Waals surface area contributed by atoms with Gasteiger partial charge >= 0.3 is 0 Å². The van der Waals surface area contributed by atoms with Gasteiger partial charge in [-0.1, -0.05) is 90.6 Å². The number of benzene rings is 6. The number of anilines is 1. The summed E-state index contributed by atoms with van der Waals surface area (Å²) in [5.74, 6) is 0. The van der Waals surface area contributed by atoms with Crippen LogP contribution >= 0.6 is 23.1 Å². The molecule has 198 valence electrons. The van der Waals surface area contributed by atoms with Crippen molar-refractivity contribution >= 4 is 92.7 Å². The predicted octanol–water partition coefficient (Wildman–Crippen LogP) is 11.3. The monoisotopic (exact) mass is 574 g/mol. The molecule has 3 aromatic heterocycles. The van der Waals surface area contributed by atoms with E-state index in [1.165, 1.54) is 63.5 Å². The van der Waals surface area contributed by atoms with Gasteiger partial charge in [0.05, 0.1) is 16.7 Å². The highest BCUT2D eigenvalue weighted by Gasteiger charge is 2.30. The van der Waals surface area contributed by atoms with E-state index in [0.717, 1.165) is 22.2 Å². The Morgan fingerprint density at radius 1 is 0.595 bits per heavy atom. The molecule has 4 heterocycles. The molecular weight excluding hydrogens is 553 g/mol. The SMILES string of the molecule is c1ccc2c(c1)oc1c(-n3c4ccccc4c4ccccc43)ccc(C3Nc4ccc5sc6ccccc6c5c4S3)c12. The van der Waals surface area contributed by atoms with Crippen LogP contribution in [0, 0.1) is 0 Å². The lowest BCUT2D eigenvalue weighted by atomic mass is 10.0. The number of para-hydroxylation sites is 3. The summed E-state index contributed by atoms with van der Waals surface area (Å²) < 4.78 is 11.8. The zero-order chi connectivity index (χ0) is 27.4. The number of aromatic nitrogens is 1. The number of nitrogens with zero attached hydrogens (tertiary/aromatic N) is 1. The molecule has 0 radical (unpaired) electrons. The third-order valence-corrected chi connectivity index (χ3v) is 11.1. The Balaban J connectivity index is 1.23. The fourth-order valence-electron chi connectivity index (χ4n) is 6.87. The van der Waals surface area contributed by atoms with Crippen molar-refractivity contribution in [1.29, 1.82) is 0 Å².